The normalized spacial score (nSPS) is 9.51. The molecule has 0 heterocycles. The Morgan fingerprint density at radius 1 is 0.649 bits per heavy atom. The summed E-state index contributed by atoms with van der Waals surface area (Å²) in [5, 5.41) is 5.67. The average Bonchev–Trinajstić information content (AvgIpc) is 3.41. The van der Waals surface area contributed by atoms with E-state index in [4.69, 9.17) is 0 Å². The van der Waals surface area contributed by atoms with E-state index in [9.17, 15) is 0 Å². The van der Waals surface area contributed by atoms with Crippen LogP contribution in [-0.4, -0.2) is 6.88 Å². The van der Waals surface area contributed by atoms with Crippen LogP contribution in [0.1, 0.15) is 52.8 Å². The van der Waals surface area contributed by atoms with Crippen LogP contribution < -0.4 is 24.8 Å². The van der Waals surface area contributed by atoms with Gasteiger partial charge in [-0.1, -0.05) is 68.1 Å². The van der Waals surface area contributed by atoms with Crippen molar-refractivity contribution in [3.63, 3.8) is 0 Å². The zero-order valence-corrected chi connectivity index (χ0v) is 27.9. The molecular weight excluding hydrogens is 587 g/mol. The first-order valence-corrected chi connectivity index (χ1v) is 16.4. The average molecular weight is 624 g/mol. The van der Waals surface area contributed by atoms with Crippen LogP contribution in [0.3, 0.4) is 0 Å². The maximum atomic E-state index is 3.72. The Bertz CT molecular complexity index is 1260. The van der Waals surface area contributed by atoms with Gasteiger partial charge < -0.3 is 24.8 Å². The number of rotatable bonds is 2. The molecule has 0 N–H and O–H groups in total. The zero-order valence-electron chi connectivity index (χ0n) is 22.9. The molecule has 0 nitrogen and oxygen atoms in total. The van der Waals surface area contributed by atoms with Crippen LogP contribution in [0.4, 0.5) is 0 Å². The zero-order chi connectivity index (χ0) is 26.0. The molecule has 194 valence electrons. The molecule has 4 heteroatoms. The predicted molar refractivity (Wildman–Crippen MR) is 153 cm³/mol. The molecule has 0 amide bonds. The molecule has 37 heavy (non-hydrogen) atoms. The molecule has 0 spiro atoms. The van der Waals surface area contributed by atoms with Crippen LogP contribution in [0.15, 0.2) is 78.9 Å². The fourth-order valence-corrected chi connectivity index (χ4v) is 4.49. The summed E-state index contributed by atoms with van der Waals surface area (Å²) in [7, 11) is 0. The Labute approximate surface area is 254 Å². The van der Waals surface area contributed by atoms with Gasteiger partial charge in [0.05, 0.1) is 0 Å². The van der Waals surface area contributed by atoms with Crippen molar-refractivity contribution in [3.8, 4) is 0 Å². The summed E-state index contributed by atoms with van der Waals surface area (Å²) in [4.78, 5) is 0. The summed E-state index contributed by atoms with van der Waals surface area (Å²) in [6, 6.07) is 28.1. The second kappa shape index (κ2) is 17.8. The molecule has 2 radical (unpaired) electrons. The molecular formula is C33H37Cl2SiZr-3. The fraction of sp³-hybridized carbons (Fsp3) is 0.242. The minimum absolute atomic E-state index is 0. The van der Waals surface area contributed by atoms with Crippen molar-refractivity contribution in [2.75, 3.05) is 0 Å². The summed E-state index contributed by atoms with van der Waals surface area (Å²) in [6.07, 6.45) is 2.25. The summed E-state index contributed by atoms with van der Waals surface area (Å²) in [5.74, 6) is 0. The maximum absolute atomic E-state index is 3.72. The molecule has 0 aliphatic rings. The van der Waals surface area contributed by atoms with E-state index >= 15 is 0 Å². The number of hydrogen-bond donors (Lipinski definition) is 0. The Morgan fingerprint density at radius 3 is 1.32 bits per heavy atom. The number of halogens is 2. The van der Waals surface area contributed by atoms with E-state index in [1.165, 1.54) is 78.3 Å². The predicted octanol–water partition coefficient (Wildman–Crippen LogP) is 2.97. The number of fused-ring (bicyclic) bond motifs is 2. The third kappa shape index (κ3) is 10.6. The van der Waals surface area contributed by atoms with Crippen molar-refractivity contribution >= 4 is 28.4 Å². The van der Waals surface area contributed by atoms with Gasteiger partial charge in [0.25, 0.3) is 0 Å². The molecule has 0 fully saturated rings. The Morgan fingerprint density at radius 2 is 1.03 bits per heavy atom. The molecule has 0 saturated heterocycles. The van der Waals surface area contributed by atoms with Crippen LogP contribution in [0.5, 0.6) is 0 Å². The minimum atomic E-state index is 0. The first kappa shape index (κ1) is 35.4. The summed E-state index contributed by atoms with van der Waals surface area (Å²) in [5.41, 5.74) is 9.50. The molecule has 0 aromatic heterocycles. The van der Waals surface area contributed by atoms with Crippen LogP contribution in [-0.2, 0) is 36.2 Å². The molecule has 0 aliphatic heterocycles. The first-order valence-electron chi connectivity index (χ1n) is 12.3. The van der Waals surface area contributed by atoms with Gasteiger partial charge in [0.1, 0.15) is 0 Å². The van der Waals surface area contributed by atoms with Crippen molar-refractivity contribution in [1.29, 1.82) is 0 Å². The molecule has 0 saturated carbocycles. The second-order valence-electron chi connectivity index (χ2n) is 9.11. The standard InChI is InChI=1S/2C13H15.C7H7.2ClH.Si.Zr/c2*1-4-11-5-9(2)6-12-7-10(3)8-13(11)12;1-7-5-3-2-4-6-7;;;;/h2*5-8H,4H2,1-3H3;2-6H,1H2;2*1H;;/q3*-1;;;;+2/p-2. The molecule has 0 atom stereocenters. The van der Waals surface area contributed by atoms with Gasteiger partial charge in [0.15, 0.2) is 0 Å². The van der Waals surface area contributed by atoms with E-state index in [1.54, 1.807) is 0 Å². The molecule has 0 bridgehead atoms. The third-order valence-corrected chi connectivity index (χ3v) is 6.00. The van der Waals surface area contributed by atoms with Gasteiger partial charge in [-0.2, -0.15) is 36.8 Å². The second-order valence-corrected chi connectivity index (χ2v) is 9.11. The van der Waals surface area contributed by atoms with E-state index in [0.29, 0.717) is 0 Å². The van der Waals surface area contributed by atoms with Gasteiger partial charge in [-0.25, -0.2) is 0 Å². The van der Waals surface area contributed by atoms with Crippen LogP contribution in [0, 0.1) is 34.6 Å². The summed E-state index contributed by atoms with van der Waals surface area (Å²) < 4.78 is 0. The molecule has 5 rings (SSSR count). The third-order valence-electron chi connectivity index (χ3n) is 6.00. The van der Waals surface area contributed by atoms with Crippen LogP contribution in [0.2, 0.25) is 0 Å². The van der Waals surface area contributed by atoms with Crippen molar-refractivity contribution in [1.82, 2.24) is 0 Å². The summed E-state index contributed by atoms with van der Waals surface area (Å²) in [6.45, 7) is 19.9. The Balaban J connectivity index is 0.000000514. The van der Waals surface area contributed by atoms with E-state index in [-0.39, 0.29) is 24.8 Å². The van der Waals surface area contributed by atoms with Crippen molar-refractivity contribution in [2.45, 2.75) is 54.4 Å². The van der Waals surface area contributed by atoms with Gasteiger partial charge in [-0.15, -0.1) is 69.1 Å². The Hall–Kier alpha value is -1.57. The van der Waals surface area contributed by atoms with E-state index in [2.05, 4.69) is 104 Å². The topological polar surface area (TPSA) is 0 Å². The van der Waals surface area contributed by atoms with Gasteiger partial charge in [0.2, 0.25) is 0 Å². The fourth-order valence-electron chi connectivity index (χ4n) is 4.49. The van der Waals surface area contributed by atoms with E-state index in [0.717, 1.165) is 18.4 Å². The van der Waals surface area contributed by atoms with Crippen molar-refractivity contribution in [3.05, 3.63) is 125 Å². The number of benzene rings is 3. The summed E-state index contributed by atoms with van der Waals surface area (Å²) >= 11 is 1.36. The number of aryl methyl sites for hydroxylation is 6. The van der Waals surface area contributed by atoms with Gasteiger partial charge in [-0.05, 0) is 26.7 Å². The van der Waals surface area contributed by atoms with E-state index in [1.807, 2.05) is 30.3 Å². The quantitative estimate of drug-likeness (QED) is 0.210. The molecule has 5 aromatic rings. The van der Waals surface area contributed by atoms with Gasteiger partial charge in [0, 0.05) is 0 Å². The van der Waals surface area contributed by atoms with Crippen LogP contribution in [0.25, 0.3) is 21.5 Å². The van der Waals surface area contributed by atoms with Crippen molar-refractivity contribution in [2.24, 2.45) is 0 Å². The molecule has 0 aliphatic carbocycles. The first-order chi connectivity index (χ1) is 16.8. The van der Waals surface area contributed by atoms with Crippen LogP contribution >= 0.6 is 0 Å². The van der Waals surface area contributed by atoms with Crippen molar-refractivity contribution < 1.29 is 48.1 Å². The number of hydrogen-bond acceptors (Lipinski definition) is 0. The van der Waals surface area contributed by atoms with Gasteiger partial charge in [-0.3, -0.25) is 0 Å². The SMILES string of the molecule is CCc1cc(C)cc2[cH-]c(C)cc12.CCc1cc(C)cc2[cH-]c(C)cc12.[CH2-]c1ccccc1.[Cl-].[Cl-].[Si]=[Zr+2]. The van der Waals surface area contributed by atoms with E-state index < -0.39 is 0 Å². The van der Waals surface area contributed by atoms with Gasteiger partial charge >= 0.3 is 30.2 Å². The monoisotopic (exact) mass is 621 g/mol. The Kier molecular flexibility index (Phi) is 17.1. The molecule has 0 unspecified atom stereocenters. The molecule has 5 aromatic carbocycles.